The summed E-state index contributed by atoms with van der Waals surface area (Å²) in [5.41, 5.74) is 8.45. The second kappa shape index (κ2) is 11.3. The van der Waals surface area contributed by atoms with Gasteiger partial charge in [-0.15, -0.1) is 0 Å². The van der Waals surface area contributed by atoms with Gasteiger partial charge in [-0.1, -0.05) is 15.9 Å². The average Bonchev–Trinajstić information content (AvgIpc) is 3.67. The molecule has 4 aliphatic rings. The summed E-state index contributed by atoms with van der Waals surface area (Å²) in [6.07, 6.45) is 9.01. The smallest absolute Gasteiger partial charge is 0.264 e. The van der Waals surface area contributed by atoms with Crippen LogP contribution in [0.15, 0.2) is 45.8 Å². The van der Waals surface area contributed by atoms with E-state index >= 15 is 0 Å². The lowest BCUT2D eigenvalue weighted by atomic mass is 9.92. The Morgan fingerprint density at radius 2 is 1.83 bits per heavy atom. The van der Waals surface area contributed by atoms with Crippen molar-refractivity contribution in [3.63, 3.8) is 0 Å². The second-order valence-corrected chi connectivity index (χ2v) is 14.3. The quantitative estimate of drug-likeness (QED) is 0.344. The molecule has 1 saturated heterocycles. The first kappa shape index (κ1) is 27.9. The summed E-state index contributed by atoms with van der Waals surface area (Å²) in [6.45, 7) is 4.97. The van der Waals surface area contributed by atoms with Gasteiger partial charge in [-0.25, -0.2) is 8.42 Å². The number of aromatic amines is 1. The van der Waals surface area contributed by atoms with Crippen LogP contribution in [-0.2, 0) is 45.2 Å². The zero-order valence-electron chi connectivity index (χ0n) is 23.5. The lowest BCUT2D eigenvalue weighted by Gasteiger charge is -2.26. The van der Waals surface area contributed by atoms with Gasteiger partial charge in [-0.2, -0.15) is 0 Å². The van der Waals surface area contributed by atoms with Gasteiger partial charge in [0.05, 0.1) is 29.4 Å². The molecule has 1 aliphatic carbocycles. The van der Waals surface area contributed by atoms with Crippen LogP contribution in [0, 0.1) is 0 Å². The van der Waals surface area contributed by atoms with Crippen molar-refractivity contribution in [1.29, 1.82) is 0 Å². The molecule has 0 atom stereocenters. The number of nitrogens with one attached hydrogen (secondary N) is 2. The Hall–Kier alpha value is -2.92. The number of amides is 1. The normalized spacial score (nSPS) is 19.6. The minimum atomic E-state index is -3.80. The van der Waals surface area contributed by atoms with Crippen molar-refractivity contribution in [2.24, 2.45) is 0 Å². The predicted octanol–water partition coefficient (Wildman–Crippen LogP) is 5.16. The zero-order chi connectivity index (χ0) is 28.8. The lowest BCUT2D eigenvalue weighted by molar-refractivity contribution is -0.110. The Morgan fingerprint density at radius 3 is 2.69 bits per heavy atom. The molecule has 0 spiro atoms. The van der Waals surface area contributed by atoms with Crippen molar-refractivity contribution in [3.05, 3.63) is 74.5 Å². The number of sulfonamides is 1. The number of ether oxygens (including phenoxy) is 1. The first-order chi connectivity index (χ1) is 20.4. The number of benzene rings is 2. The number of rotatable bonds is 7. The number of aromatic nitrogens is 1. The number of halogens is 1. The summed E-state index contributed by atoms with van der Waals surface area (Å²) >= 11 is 3.49. The van der Waals surface area contributed by atoms with E-state index in [-0.39, 0.29) is 10.8 Å². The maximum atomic E-state index is 13.8. The van der Waals surface area contributed by atoms with Crippen molar-refractivity contribution in [2.75, 3.05) is 49.0 Å². The number of nitrogens with zero attached hydrogens (tertiary/aromatic N) is 2. The van der Waals surface area contributed by atoms with Crippen LogP contribution in [0.1, 0.15) is 52.9 Å². The Morgan fingerprint density at radius 1 is 1.00 bits per heavy atom. The molecule has 2 aromatic carbocycles. The molecule has 42 heavy (non-hydrogen) atoms. The largest absolute Gasteiger partial charge is 0.379 e. The molecule has 10 heteroatoms. The molecule has 1 fully saturated rings. The molecular formula is C32H35BrN4O4S. The van der Waals surface area contributed by atoms with E-state index < -0.39 is 10.0 Å². The van der Waals surface area contributed by atoms with Crippen molar-refractivity contribution in [2.45, 2.75) is 49.8 Å². The second-order valence-electron chi connectivity index (χ2n) is 11.6. The van der Waals surface area contributed by atoms with Gasteiger partial charge in [0, 0.05) is 46.7 Å². The number of hydrogen-bond donors (Lipinski definition) is 2. The van der Waals surface area contributed by atoms with E-state index in [1.165, 1.54) is 27.5 Å². The maximum absolute atomic E-state index is 13.8. The van der Waals surface area contributed by atoms with Gasteiger partial charge < -0.3 is 15.0 Å². The van der Waals surface area contributed by atoms with Crippen molar-refractivity contribution < 1.29 is 17.9 Å². The van der Waals surface area contributed by atoms with Crippen LogP contribution >= 0.6 is 15.9 Å². The molecule has 0 unspecified atom stereocenters. The standard InChI is InChI=1S/C32H35BrN4O4S/c33-22-7-10-31-21(18-22)11-13-37(31)42(39,40)23-8-9-29-26(19-23)27(32(38)35-29)20-30-25(24-4-1-2-6-28(24)34-30)5-3-12-36-14-16-41-17-15-36/h7-10,18-20,34H,1-6,11-17H2,(H,35,38)/b27-20-. The summed E-state index contributed by atoms with van der Waals surface area (Å²) in [7, 11) is -3.80. The highest BCUT2D eigenvalue weighted by atomic mass is 79.9. The van der Waals surface area contributed by atoms with Crippen molar-refractivity contribution in [3.8, 4) is 0 Å². The first-order valence-electron chi connectivity index (χ1n) is 14.9. The monoisotopic (exact) mass is 650 g/mol. The van der Waals surface area contributed by atoms with Crippen molar-refractivity contribution >= 4 is 54.9 Å². The summed E-state index contributed by atoms with van der Waals surface area (Å²) in [6, 6.07) is 10.7. The van der Waals surface area contributed by atoms with E-state index in [9.17, 15) is 13.2 Å². The van der Waals surface area contributed by atoms with E-state index in [1.807, 2.05) is 24.3 Å². The number of carbonyl (C=O) groups excluding carboxylic acids is 1. The van der Waals surface area contributed by atoms with Crippen LogP contribution < -0.4 is 9.62 Å². The highest BCUT2D eigenvalue weighted by Crippen LogP contribution is 2.39. The van der Waals surface area contributed by atoms with Gasteiger partial charge in [-0.3, -0.25) is 14.0 Å². The molecule has 2 N–H and O–H groups in total. The predicted molar refractivity (Wildman–Crippen MR) is 168 cm³/mol. The summed E-state index contributed by atoms with van der Waals surface area (Å²) in [5.74, 6) is -0.206. The van der Waals surface area contributed by atoms with Crippen LogP contribution in [0.2, 0.25) is 0 Å². The molecule has 3 aliphatic heterocycles. The van der Waals surface area contributed by atoms with Crippen molar-refractivity contribution in [1.82, 2.24) is 9.88 Å². The van der Waals surface area contributed by atoms with Gasteiger partial charge in [0.15, 0.2) is 0 Å². The van der Waals surface area contributed by atoms with Gasteiger partial charge in [0.25, 0.3) is 15.9 Å². The number of aryl methyl sites for hydroxylation is 1. The van der Waals surface area contributed by atoms with Gasteiger partial charge >= 0.3 is 0 Å². The van der Waals surface area contributed by atoms with E-state index in [1.54, 1.807) is 18.2 Å². The molecule has 4 heterocycles. The van der Waals surface area contributed by atoms with Crippen LogP contribution in [-0.4, -0.2) is 63.6 Å². The van der Waals surface area contributed by atoms with Crippen LogP contribution in [0.3, 0.4) is 0 Å². The molecule has 0 bridgehead atoms. The van der Waals surface area contributed by atoms with Gasteiger partial charge in [0.1, 0.15) is 0 Å². The summed E-state index contributed by atoms with van der Waals surface area (Å²) in [4.78, 5) is 19.6. The van der Waals surface area contributed by atoms with E-state index in [0.717, 1.165) is 80.7 Å². The van der Waals surface area contributed by atoms with Crippen LogP contribution in [0.4, 0.5) is 11.4 Å². The highest BCUT2D eigenvalue weighted by Gasteiger charge is 2.33. The number of hydrogen-bond acceptors (Lipinski definition) is 5. The van der Waals surface area contributed by atoms with E-state index in [4.69, 9.17) is 4.74 Å². The zero-order valence-corrected chi connectivity index (χ0v) is 25.9. The van der Waals surface area contributed by atoms with Crippen LogP contribution in [0.5, 0.6) is 0 Å². The summed E-state index contributed by atoms with van der Waals surface area (Å²) in [5, 5.41) is 2.95. The molecular weight excluding hydrogens is 616 g/mol. The molecule has 1 aromatic heterocycles. The minimum Gasteiger partial charge on any atom is -0.379 e. The number of morpholine rings is 1. The number of anilines is 2. The molecule has 3 aromatic rings. The Labute approximate surface area is 255 Å². The third-order valence-corrected chi connectivity index (χ3v) is 11.3. The van der Waals surface area contributed by atoms with Gasteiger partial charge in [-0.05, 0) is 111 Å². The number of carbonyl (C=O) groups is 1. The molecule has 220 valence electrons. The third-order valence-electron chi connectivity index (χ3n) is 8.99. The molecule has 0 saturated carbocycles. The van der Waals surface area contributed by atoms with Gasteiger partial charge in [0.2, 0.25) is 0 Å². The molecule has 1 amide bonds. The maximum Gasteiger partial charge on any atom is 0.264 e. The van der Waals surface area contributed by atoms with E-state index in [2.05, 4.69) is 31.1 Å². The fourth-order valence-corrected chi connectivity index (χ4v) is 8.76. The minimum absolute atomic E-state index is 0.191. The third kappa shape index (κ3) is 5.12. The Kier molecular flexibility index (Phi) is 7.50. The Balaban J connectivity index is 1.21. The highest BCUT2D eigenvalue weighted by molar-refractivity contribution is 9.10. The molecule has 8 nitrogen and oxygen atoms in total. The number of fused-ring (bicyclic) bond motifs is 3. The van der Waals surface area contributed by atoms with Crippen LogP contribution in [0.25, 0.3) is 11.6 Å². The molecule has 0 radical (unpaired) electrons. The first-order valence-corrected chi connectivity index (χ1v) is 17.1. The number of H-pyrrole nitrogens is 1. The molecule has 7 rings (SSSR count). The topological polar surface area (TPSA) is 94.7 Å². The Bertz CT molecular complexity index is 1690. The lowest BCUT2D eigenvalue weighted by Crippen LogP contribution is -2.37. The SMILES string of the molecule is O=C1Nc2ccc(S(=O)(=O)N3CCc4cc(Br)ccc43)cc2/C1=C/c1[nH]c2c(c1CCCN1CCOCC1)CCCC2. The summed E-state index contributed by atoms with van der Waals surface area (Å²) < 4.78 is 35.6. The average molecular weight is 652 g/mol. The fraction of sp³-hybridized carbons (Fsp3) is 0.406. The van der Waals surface area contributed by atoms with E-state index in [0.29, 0.717) is 35.5 Å². The fourth-order valence-electron chi connectivity index (χ4n) is 6.82.